The van der Waals surface area contributed by atoms with E-state index in [0.29, 0.717) is 6.54 Å². The van der Waals surface area contributed by atoms with E-state index in [0.717, 1.165) is 8.45 Å². The van der Waals surface area contributed by atoms with Gasteiger partial charge >= 0.3 is 0 Å². The van der Waals surface area contributed by atoms with E-state index in [1.807, 2.05) is 19.2 Å². The van der Waals surface area contributed by atoms with E-state index in [2.05, 4.69) is 27.9 Å². The Morgan fingerprint density at radius 1 is 1.75 bits per heavy atom. The Hall–Kier alpha value is -0.100. The van der Waals surface area contributed by atoms with Crippen LogP contribution in [0.4, 0.5) is 0 Å². The van der Waals surface area contributed by atoms with E-state index in [1.165, 1.54) is 16.9 Å². The van der Waals surface area contributed by atoms with Gasteiger partial charge in [0.25, 0.3) is 5.91 Å². The first-order chi connectivity index (χ1) is 5.66. The monoisotopic (exact) mass is 295 g/mol. The molecule has 0 aromatic carbocycles. The average Bonchev–Trinajstić information content (AvgIpc) is 2.34. The van der Waals surface area contributed by atoms with E-state index in [-0.39, 0.29) is 5.91 Å². The summed E-state index contributed by atoms with van der Waals surface area (Å²) in [5, 5.41) is 4.79. The fourth-order valence-corrected chi connectivity index (χ4v) is 2.67. The average molecular weight is 295 g/mol. The maximum Gasteiger partial charge on any atom is 0.262 e. The molecule has 1 N–H and O–H groups in total. The second-order valence-corrected chi connectivity index (χ2v) is 4.38. The van der Waals surface area contributed by atoms with Crippen molar-refractivity contribution in [2.45, 2.75) is 13.8 Å². The van der Waals surface area contributed by atoms with Crippen molar-refractivity contribution >= 4 is 39.8 Å². The van der Waals surface area contributed by atoms with Gasteiger partial charge in [0, 0.05) is 10.1 Å². The van der Waals surface area contributed by atoms with Crippen molar-refractivity contribution < 1.29 is 4.79 Å². The Bertz CT molecular complexity index is 295. The molecule has 0 atom stereocenters. The summed E-state index contributed by atoms with van der Waals surface area (Å²) in [4.78, 5) is 12.2. The number of thiophene rings is 1. The summed E-state index contributed by atoms with van der Waals surface area (Å²) in [7, 11) is 0. The van der Waals surface area contributed by atoms with Gasteiger partial charge in [0.05, 0.1) is 0 Å². The zero-order valence-corrected chi connectivity index (χ0v) is 9.95. The molecule has 0 aliphatic rings. The number of hydrogen-bond acceptors (Lipinski definition) is 2. The molecule has 1 heterocycles. The maximum atomic E-state index is 11.4. The van der Waals surface area contributed by atoms with Gasteiger partial charge in [-0.1, -0.05) is 0 Å². The number of rotatable bonds is 2. The second kappa shape index (κ2) is 4.23. The minimum Gasteiger partial charge on any atom is -0.352 e. The molecule has 1 aromatic rings. The molecule has 1 aromatic heterocycles. The van der Waals surface area contributed by atoms with Gasteiger partial charge < -0.3 is 5.32 Å². The summed E-state index contributed by atoms with van der Waals surface area (Å²) < 4.78 is 1.07. The zero-order valence-electron chi connectivity index (χ0n) is 6.98. The van der Waals surface area contributed by atoms with Gasteiger partial charge in [-0.3, -0.25) is 4.79 Å². The van der Waals surface area contributed by atoms with Crippen LogP contribution in [0.3, 0.4) is 0 Å². The number of halogens is 1. The first-order valence-corrected chi connectivity index (χ1v) is 5.64. The van der Waals surface area contributed by atoms with Crippen LogP contribution in [0.1, 0.15) is 22.2 Å². The molecule has 1 rings (SSSR count). The molecule has 0 bridgehead atoms. The highest BCUT2D eigenvalue weighted by Crippen LogP contribution is 2.23. The normalized spacial score (nSPS) is 9.92. The predicted molar refractivity (Wildman–Crippen MR) is 59.8 cm³/mol. The van der Waals surface area contributed by atoms with Crippen LogP contribution in [0.15, 0.2) is 5.38 Å². The Morgan fingerprint density at radius 2 is 2.42 bits per heavy atom. The van der Waals surface area contributed by atoms with Crippen LogP contribution in [-0.4, -0.2) is 12.5 Å². The van der Waals surface area contributed by atoms with Crippen LogP contribution in [0.25, 0.3) is 0 Å². The van der Waals surface area contributed by atoms with Crippen LogP contribution < -0.4 is 5.32 Å². The topological polar surface area (TPSA) is 29.1 Å². The highest BCUT2D eigenvalue weighted by molar-refractivity contribution is 14.1. The lowest BCUT2D eigenvalue weighted by atomic mass is 10.3. The Balaban J connectivity index is 2.88. The summed E-state index contributed by atoms with van der Waals surface area (Å²) in [5.74, 6) is 0.0417. The molecule has 0 radical (unpaired) electrons. The van der Waals surface area contributed by atoms with Gasteiger partial charge in [0.15, 0.2) is 0 Å². The Kier molecular flexibility index (Phi) is 3.52. The van der Waals surface area contributed by atoms with E-state index >= 15 is 0 Å². The van der Waals surface area contributed by atoms with Crippen LogP contribution in [0, 0.1) is 10.5 Å². The van der Waals surface area contributed by atoms with E-state index in [1.54, 1.807) is 0 Å². The molecule has 2 nitrogen and oxygen atoms in total. The van der Waals surface area contributed by atoms with Crippen LogP contribution >= 0.6 is 33.9 Å². The molecule has 0 spiro atoms. The molecule has 0 aliphatic carbocycles. The third kappa shape index (κ3) is 1.98. The third-order valence-electron chi connectivity index (χ3n) is 1.44. The van der Waals surface area contributed by atoms with Crippen molar-refractivity contribution in [3.63, 3.8) is 0 Å². The van der Waals surface area contributed by atoms with E-state index < -0.39 is 0 Å². The Labute approximate surface area is 89.5 Å². The number of carbonyl (C=O) groups is 1. The molecule has 0 saturated carbocycles. The molecule has 0 aliphatic heterocycles. The van der Waals surface area contributed by atoms with Crippen LogP contribution in [-0.2, 0) is 0 Å². The SMILES string of the molecule is CCNC(=O)c1scc(C)c1I. The van der Waals surface area contributed by atoms with Crippen molar-refractivity contribution in [1.82, 2.24) is 5.32 Å². The number of hydrogen-bond donors (Lipinski definition) is 1. The second-order valence-electron chi connectivity index (χ2n) is 2.42. The van der Waals surface area contributed by atoms with Crippen LogP contribution in [0.2, 0.25) is 0 Å². The number of nitrogens with one attached hydrogen (secondary N) is 1. The number of aryl methyl sites for hydroxylation is 1. The van der Waals surface area contributed by atoms with Gasteiger partial charge in [0.2, 0.25) is 0 Å². The fourth-order valence-electron chi connectivity index (χ4n) is 0.824. The maximum absolute atomic E-state index is 11.4. The minimum absolute atomic E-state index is 0.0417. The quantitative estimate of drug-likeness (QED) is 0.834. The molecular formula is C8H10INOS. The molecule has 1 amide bonds. The molecule has 0 saturated heterocycles. The highest BCUT2D eigenvalue weighted by Gasteiger charge is 2.12. The van der Waals surface area contributed by atoms with E-state index in [9.17, 15) is 4.79 Å². The smallest absolute Gasteiger partial charge is 0.262 e. The van der Waals surface area contributed by atoms with Crippen molar-refractivity contribution in [2.24, 2.45) is 0 Å². The Morgan fingerprint density at radius 3 is 2.83 bits per heavy atom. The van der Waals surface area contributed by atoms with Gasteiger partial charge in [-0.15, -0.1) is 11.3 Å². The summed E-state index contributed by atoms with van der Waals surface area (Å²) in [5.41, 5.74) is 1.18. The van der Waals surface area contributed by atoms with Gasteiger partial charge in [-0.2, -0.15) is 0 Å². The van der Waals surface area contributed by atoms with Gasteiger partial charge in [-0.25, -0.2) is 0 Å². The standard InChI is InChI=1S/C8H10INOS/c1-3-10-8(11)7-6(9)5(2)4-12-7/h4H,3H2,1-2H3,(H,10,11). The van der Waals surface area contributed by atoms with Gasteiger partial charge in [0.1, 0.15) is 4.88 Å². The third-order valence-corrected chi connectivity index (χ3v) is 4.30. The molecule has 66 valence electrons. The number of amides is 1. The molecule has 4 heteroatoms. The molecule has 0 unspecified atom stereocenters. The first-order valence-electron chi connectivity index (χ1n) is 3.68. The molecule has 12 heavy (non-hydrogen) atoms. The van der Waals surface area contributed by atoms with Crippen molar-refractivity contribution in [2.75, 3.05) is 6.54 Å². The molecular weight excluding hydrogens is 285 g/mol. The van der Waals surface area contributed by atoms with E-state index in [4.69, 9.17) is 0 Å². The van der Waals surface area contributed by atoms with Crippen LogP contribution in [0.5, 0.6) is 0 Å². The van der Waals surface area contributed by atoms with Crippen molar-refractivity contribution in [1.29, 1.82) is 0 Å². The molecule has 0 fully saturated rings. The summed E-state index contributed by atoms with van der Waals surface area (Å²) in [6.45, 7) is 4.62. The predicted octanol–water partition coefficient (Wildman–Crippen LogP) is 2.41. The largest absolute Gasteiger partial charge is 0.352 e. The summed E-state index contributed by atoms with van der Waals surface area (Å²) in [6, 6.07) is 0. The highest BCUT2D eigenvalue weighted by atomic mass is 127. The number of carbonyl (C=O) groups excluding carboxylic acids is 1. The summed E-state index contributed by atoms with van der Waals surface area (Å²) >= 11 is 3.71. The fraction of sp³-hybridized carbons (Fsp3) is 0.375. The lowest BCUT2D eigenvalue weighted by Crippen LogP contribution is -2.22. The zero-order chi connectivity index (χ0) is 9.14. The summed E-state index contributed by atoms with van der Waals surface area (Å²) in [6.07, 6.45) is 0. The van der Waals surface area contributed by atoms with Crippen molar-refractivity contribution in [3.05, 3.63) is 19.4 Å². The van der Waals surface area contributed by atoms with Gasteiger partial charge in [-0.05, 0) is 47.4 Å². The lowest BCUT2D eigenvalue weighted by molar-refractivity contribution is 0.0959. The lowest BCUT2D eigenvalue weighted by Gasteiger charge is -1.98. The first kappa shape index (κ1) is 9.98. The minimum atomic E-state index is 0.0417. The van der Waals surface area contributed by atoms with Crippen molar-refractivity contribution in [3.8, 4) is 0 Å².